The Labute approximate surface area is 194 Å². The zero-order valence-electron chi connectivity index (χ0n) is 18.5. The largest absolute Gasteiger partial charge is 0.389 e. The summed E-state index contributed by atoms with van der Waals surface area (Å²) in [6.07, 6.45) is 3.50. The smallest absolute Gasteiger partial charge is 0.123 e. The maximum Gasteiger partial charge on any atom is 0.123 e. The molecule has 1 N–H and O–H groups in total. The third-order valence-corrected chi connectivity index (χ3v) is 6.50. The second-order valence-corrected chi connectivity index (χ2v) is 9.12. The summed E-state index contributed by atoms with van der Waals surface area (Å²) < 4.78 is 19.3. The van der Waals surface area contributed by atoms with Gasteiger partial charge in [0.15, 0.2) is 0 Å². The van der Waals surface area contributed by atoms with Gasteiger partial charge in [-0.05, 0) is 54.9 Å². The average Bonchev–Trinajstić information content (AvgIpc) is 2.67. The van der Waals surface area contributed by atoms with Crippen LogP contribution in [0.15, 0.2) is 24.3 Å². The van der Waals surface area contributed by atoms with Gasteiger partial charge in [-0.25, -0.2) is 4.39 Å². The van der Waals surface area contributed by atoms with Crippen LogP contribution >= 0.6 is 24.8 Å². The fraction of sp³-hybridized carbons (Fsp3) is 0.739. The number of hydrogen-bond acceptors (Lipinski definition) is 4. The van der Waals surface area contributed by atoms with Crippen molar-refractivity contribution in [3.05, 3.63) is 30.1 Å². The highest BCUT2D eigenvalue weighted by molar-refractivity contribution is 5.85. The standard InChI is InChI=1S/C23H37FN2O2.2ClH/c1-17(2)22-9-4-18(3)14-23(22)28-16-21(27)15-25-10-12-26(13-11-25)20-7-5-19(24)6-8-20;;/h5-8,17-18,21-23,27H,4,9-16H2,1-3H3;2*1H. The molecule has 1 saturated heterocycles. The number of aliphatic hydroxyl groups excluding tert-OH is 1. The number of benzene rings is 1. The lowest BCUT2D eigenvalue weighted by Crippen LogP contribution is -2.49. The molecule has 1 aromatic rings. The van der Waals surface area contributed by atoms with Gasteiger partial charge in [0.25, 0.3) is 0 Å². The molecule has 0 radical (unpaired) electrons. The van der Waals surface area contributed by atoms with E-state index in [2.05, 4.69) is 30.6 Å². The van der Waals surface area contributed by atoms with Crippen LogP contribution in [0.3, 0.4) is 0 Å². The lowest BCUT2D eigenvalue weighted by atomic mass is 9.75. The third-order valence-electron chi connectivity index (χ3n) is 6.50. The zero-order chi connectivity index (χ0) is 20.1. The normalized spacial score (nSPS) is 26.1. The van der Waals surface area contributed by atoms with E-state index in [1.807, 2.05) is 12.1 Å². The van der Waals surface area contributed by atoms with E-state index < -0.39 is 6.10 Å². The highest BCUT2D eigenvalue weighted by atomic mass is 35.5. The highest BCUT2D eigenvalue weighted by Gasteiger charge is 2.32. The third kappa shape index (κ3) is 7.83. The molecular formula is C23H39Cl2FN2O2. The molecule has 30 heavy (non-hydrogen) atoms. The fourth-order valence-electron chi connectivity index (χ4n) is 4.73. The molecule has 0 amide bonds. The number of aliphatic hydroxyl groups is 1. The first kappa shape index (κ1) is 27.4. The maximum atomic E-state index is 13.1. The van der Waals surface area contributed by atoms with Crippen LogP contribution in [-0.4, -0.2) is 61.5 Å². The first-order valence-corrected chi connectivity index (χ1v) is 10.9. The molecule has 1 aromatic carbocycles. The van der Waals surface area contributed by atoms with Gasteiger partial charge in [-0.1, -0.05) is 27.2 Å². The van der Waals surface area contributed by atoms with Gasteiger partial charge in [0, 0.05) is 38.4 Å². The van der Waals surface area contributed by atoms with Crippen molar-refractivity contribution < 1.29 is 14.2 Å². The van der Waals surface area contributed by atoms with E-state index >= 15 is 0 Å². The molecule has 4 unspecified atom stereocenters. The maximum absolute atomic E-state index is 13.1. The first-order valence-electron chi connectivity index (χ1n) is 10.9. The van der Waals surface area contributed by atoms with E-state index in [-0.39, 0.29) is 36.7 Å². The Bertz CT molecular complexity index is 597. The summed E-state index contributed by atoms with van der Waals surface area (Å²) in [6, 6.07) is 6.70. The Morgan fingerprint density at radius 3 is 2.30 bits per heavy atom. The highest BCUT2D eigenvalue weighted by Crippen LogP contribution is 2.35. The minimum Gasteiger partial charge on any atom is -0.389 e. The summed E-state index contributed by atoms with van der Waals surface area (Å²) in [4.78, 5) is 4.58. The number of ether oxygens (including phenoxy) is 1. The lowest BCUT2D eigenvalue weighted by Gasteiger charge is -2.39. The minimum atomic E-state index is -0.442. The van der Waals surface area contributed by atoms with Gasteiger partial charge >= 0.3 is 0 Å². The van der Waals surface area contributed by atoms with Crippen molar-refractivity contribution in [2.75, 3.05) is 44.2 Å². The van der Waals surface area contributed by atoms with Crippen LogP contribution in [0.2, 0.25) is 0 Å². The lowest BCUT2D eigenvalue weighted by molar-refractivity contribution is -0.0740. The number of piperazine rings is 1. The number of β-amino-alcohol motifs (C(OH)–C–C–N with tert-alkyl or cyclic N) is 1. The van der Waals surface area contributed by atoms with Crippen molar-refractivity contribution in [3.63, 3.8) is 0 Å². The molecule has 3 rings (SSSR count). The van der Waals surface area contributed by atoms with Gasteiger partial charge in [0.1, 0.15) is 5.82 Å². The second-order valence-electron chi connectivity index (χ2n) is 9.12. The van der Waals surface area contributed by atoms with Gasteiger partial charge in [-0.2, -0.15) is 0 Å². The number of hydrogen-bond donors (Lipinski definition) is 1. The quantitative estimate of drug-likeness (QED) is 0.637. The Morgan fingerprint density at radius 1 is 1.07 bits per heavy atom. The molecule has 2 aliphatic rings. The van der Waals surface area contributed by atoms with Crippen molar-refractivity contribution in [2.45, 2.75) is 52.2 Å². The summed E-state index contributed by atoms with van der Waals surface area (Å²) >= 11 is 0. The van der Waals surface area contributed by atoms with Gasteiger partial charge < -0.3 is 14.7 Å². The van der Waals surface area contributed by atoms with E-state index in [4.69, 9.17) is 4.74 Å². The predicted molar refractivity (Wildman–Crippen MR) is 127 cm³/mol. The molecule has 1 saturated carbocycles. The van der Waals surface area contributed by atoms with Crippen LogP contribution in [0.1, 0.15) is 40.0 Å². The fourth-order valence-corrected chi connectivity index (χ4v) is 4.73. The Morgan fingerprint density at radius 2 is 1.70 bits per heavy atom. The van der Waals surface area contributed by atoms with E-state index in [1.54, 1.807) is 0 Å². The molecule has 1 aliphatic heterocycles. The van der Waals surface area contributed by atoms with Crippen LogP contribution in [0.5, 0.6) is 0 Å². The molecule has 0 spiro atoms. The monoisotopic (exact) mass is 464 g/mol. The number of anilines is 1. The summed E-state index contributed by atoms with van der Waals surface area (Å²) in [7, 11) is 0. The van der Waals surface area contributed by atoms with Crippen molar-refractivity contribution in [2.24, 2.45) is 17.8 Å². The Hall–Kier alpha value is -0.590. The molecule has 4 nitrogen and oxygen atoms in total. The summed E-state index contributed by atoms with van der Waals surface area (Å²) in [5.74, 6) is 1.77. The van der Waals surface area contributed by atoms with E-state index in [0.717, 1.165) is 44.2 Å². The van der Waals surface area contributed by atoms with Gasteiger partial charge in [0.2, 0.25) is 0 Å². The zero-order valence-corrected chi connectivity index (χ0v) is 20.1. The van der Waals surface area contributed by atoms with Crippen molar-refractivity contribution >= 4 is 30.5 Å². The average molecular weight is 465 g/mol. The van der Waals surface area contributed by atoms with Gasteiger partial charge in [0.05, 0.1) is 18.8 Å². The number of halogens is 3. The van der Waals surface area contributed by atoms with Gasteiger partial charge in [-0.3, -0.25) is 4.90 Å². The number of nitrogens with zero attached hydrogens (tertiary/aromatic N) is 2. The summed E-state index contributed by atoms with van der Waals surface area (Å²) in [5, 5.41) is 10.5. The molecule has 174 valence electrons. The van der Waals surface area contributed by atoms with E-state index in [0.29, 0.717) is 25.0 Å². The van der Waals surface area contributed by atoms with Crippen molar-refractivity contribution in [1.82, 2.24) is 4.90 Å². The minimum absolute atomic E-state index is 0. The van der Waals surface area contributed by atoms with Crippen LogP contribution in [0, 0.1) is 23.6 Å². The summed E-state index contributed by atoms with van der Waals surface area (Å²) in [6.45, 7) is 11.6. The van der Waals surface area contributed by atoms with Crippen LogP contribution in [0.4, 0.5) is 10.1 Å². The van der Waals surface area contributed by atoms with Crippen LogP contribution in [-0.2, 0) is 4.74 Å². The predicted octanol–water partition coefficient (Wildman–Crippen LogP) is 4.63. The summed E-state index contributed by atoms with van der Waals surface area (Å²) in [5.41, 5.74) is 1.07. The Kier molecular flexibility index (Phi) is 12.0. The first-order chi connectivity index (χ1) is 13.4. The number of rotatable bonds is 7. The molecular weight excluding hydrogens is 426 g/mol. The van der Waals surface area contributed by atoms with Crippen LogP contribution < -0.4 is 4.90 Å². The topological polar surface area (TPSA) is 35.9 Å². The molecule has 0 aromatic heterocycles. The van der Waals surface area contributed by atoms with E-state index in [1.165, 1.54) is 25.0 Å². The molecule has 0 bridgehead atoms. The molecule has 1 aliphatic carbocycles. The van der Waals surface area contributed by atoms with Crippen LogP contribution in [0.25, 0.3) is 0 Å². The van der Waals surface area contributed by atoms with Crippen molar-refractivity contribution in [3.8, 4) is 0 Å². The van der Waals surface area contributed by atoms with E-state index in [9.17, 15) is 9.50 Å². The molecule has 1 heterocycles. The second kappa shape index (κ2) is 13.1. The van der Waals surface area contributed by atoms with Crippen molar-refractivity contribution in [1.29, 1.82) is 0 Å². The SMILES string of the molecule is CC1CCC(C(C)C)C(OCC(O)CN2CCN(c3ccc(F)cc3)CC2)C1.Cl.Cl. The molecule has 4 atom stereocenters. The molecule has 2 fully saturated rings. The van der Waals surface area contributed by atoms with Gasteiger partial charge in [-0.15, -0.1) is 24.8 Å². The Balaban J connectivity index is 0.00000225. The molecule has 7 heteroatoms.